The Morgan fingerprint density at radius 3 is 2.55 bits per heavy atom. The Morgan fingerprint density at radius 2 is 1.95 bits per heavy atom. The Morgan fingerprint density at radius 1 is 1.30 bits per heavy atom. The van der Waals surface area contributed by atoms with Crippen molar-refractivity contribution >= 4 is 24.0 Å². The number of carbonyl (C=O) groups is 2. The first-order valence-electron chi connectivity index (χ1n) is 5.92. The number of aromatic nitrogens is 1. The summed E-state index contributed by atoms with van der Waals surface area (Å²) in [6.45, 7) is 2.97. The summed E-state index contributed by atoms with van der Waals surface area (Å²) in [5.41, 5.74) is 0. The van der Waals surface area contributed by atoms with Crippen molar-refractivity contribution in [2.45, 2.75) is 19.6 Å². The molecule has 0 radical (unpaired) electrons. The maximum atomic E-state index is 11.7. The van der Waals surface area contributed by atoms with Gasteiger partial charge in [-0.25, -0.2) is 4.99 Å². The second kappa shape index (κ2) is 5.28. The number of hydrogen-bond acceptors (Lipinski definition) is 7. The van der Waals surface area contributed by atoms with Gasteiger partial charge in [0.25, 0.3) is 5.79 Å². The zero-order valence-corrected chi connectivity index (χ0v) is 11.3. The van der Waals surface area contributed by atoms with Crippen molar-refractivity contribution < 1.29 is 23.8 Å². The molecule has 20 heavy (non-hydrogen) atoms. The van der Waals surface area contributed by atoms with Crippen molar-refractivity contribution in [3.63, 3.8) is 0 Å². The molecule has 2 rings (SSSR count). The van der Waals surface area contributed by atoms with E-state index in [1.165, 1.54) is 21.0 Å². The maximum absolute atomic E-state index is 11.7. The van der Waals surface area contributed by atoms with Gasteiger partial charge in [0.1, 0.15) is 0 Å². The van der Waals surface area contributed by atoms with Gasteiger partial charge in [-0.05, 0) is 6.07 Å². The number of cyclic esters (lactones) is 2. The number of methoxy groups -OCH3 is 1. The van der Waals surface area contributed by atoms with E-state index in [0.717, 1.165) is 6.21 Å². The molecule has 7 nitrogen and oxygen atoms in total. The highest BCUT2D eigenvalue weighted by Crippen LogP contribution is 2.22. The Hall–Kier alpha value is -2.44. The van der Waals surface area contributed by atoms with Gasteiger partial charge in [0.2, 0.25) is 5.88 Å². The summed E-state index contributed by atoms with van der Waals surface area (Å²) < 4.78 is 14.9. The van der Waals surface area contributed by atoms with E-state index in [-0.39, 0.29) is 0 Å². The third-order valence-electron chi connectivity index (χ3n) is 2.47. The summed E-state index contributed by atoms with van der Waals surface area (Å²) >= 11 is 0. The molecule has 106 valence electrons. The minimum Gasteiger partial charge on any atom is -0.481 e. The summed E-state index contributed by atoms with van der Waals surface area (Å²) in [5.74, 6) is -3.12. The average molecular weight is 278 g/mol. The molecular weight excluding hydrogens is 264 g/mol. The van der Waals surface area contributed by atoms with Crippen LogP contribution in [0.4, 0.5) is 5.82 Å². The van der Waals surface area contributed by atoms with E-state index < -0.39 is 23.6 Å². The molecule has 1 aliphatic rings. The zero-order chi connectivity index (χ0) is 14.8. The van der Waals surface area contributed by atoms with E-state index in [9.17, 15) is 9.59 Å². The first kappa shape index (κ1) is 14.0. The van der Waals surface area contributed by atoms with E-state index in [1.807, 2.05) is 0 Å². The molecule has 0 N–H and O–H groups in total. The fourth-order valence-electron chi connectivity index (χ4n) is 1.59. The van der Waals surface area contributed by atoms with Gasteiger partial charge in [-0.1, -0.05) is 6.07 Å². The summed E-state index contributed by atoms with van der Waals surface area (Å²) in [6, 6.07) is 4.96. The minimum atomic E-state index is -1.24. The van der Waals surface area contributed by atoms with Crippen LogP contribution in [0.2, 0.25) is 0 Å². The SMILES string of the molecule is COc1cccc(N=CC2C(=O)OC(C)(C)OC2=O)n1. The number of esters is 2. The number of carbonyl (C=O) groups excluding carboxylic acids is 2. The maximum Gasteiger partial charge on any atom is 0.329 e. The lowest BCUT2D eigenvalue weighted by Crippen LogP contribution is -2.46. The van der Waals surface area contributed by atoms with E-state index in [4.69, 9.17) is 14.2 Å². The predicted octanol–water partition coefficient (Wildman–Crippen LogP) is 1.24. The normalized spacial score (nSPS) is 18.8. The average Bonchev–Trinajstić information content (AvgIpc) is 2.36. The van der Waals surface area contributed by atoms with E-state index >= 15 is 0 Å². The Labute approximate surface area is 115 Å². The van der Waals surface area contributed by atoms with Crippen molar-refractivity contribution in [2.75, 3.05) is 7.11 Å². The molecule has 0 spiro atoms. The highest BCUT2D eigenvalue weighted by atomic mass is 16.7. The van der Waals surface area contributed by atoms with Gasteiger partial charge in [-0.3, -0.25) is 9.59 Å². The van der Waals surface area contributed by atoms with Crippen LogP contribution in [-0.4, -0.2) is 36.0 Å². The van der Waals surface area contributed by atoms with Gasteiger partial charge in [-0.15, -0.1) is 0 Å². The number of nitrogens with zero attached hydrogens (tertiary/aromatic N) is 2. The monoisotopic (exact) mass is 278 g/mol. The molecular formula is C13H14N2O5. The molecule has 0 bridgehead atoms. The fourth-order valence-corrected chi connectivity index (χ4v) is 1.59. The molecule has 1 saturated heterocycles. The minimum absolute atomic E-state index is 0.315. The second-order valence-electron chi connectivity index (χ2n) is 4.54. The molecule has 0 aromatic carbocycles. The van der Waals surface area contributed by atoms with E-state index in [2.05, 4.69) is 9.98 Å². The largest absolute Gasteiger partial charge is 0.481 e. The third kappa shape index (κ3) is 3.11. The topological polar surface area (TPSA) is 87.1 Å². The van der Waals surface area contributed by atoms with Crippen LogP contribution in [0.15, 0.2) is 23.2 Å². The molecule has 0 amide bonds. The van der Waals surface area contributed by atoms with Crippen LogP contribution < -0.4 is 4.74 Å². The van der Waals surface area contributed by atoms with Crippen LogP contribution in [0.25, 0.3) is 0 Å². The van der Waals surface area contributed by atoms with Gasteiger partial charge in [0.15, 0.2) is 11.7 Å². The molecule has 0 unspecified atom stereocenters. The molecule has 0 saturated carbocycles. The molecule has 0 aliphatic carbocycles. The van der Waals surface area contributed by atoms with Gasteiger partial charge < -0.3 is 14.2 Å². The van der Waals surface area contributed by atoms with E-state index in [1.54, 1.807) is 18.2 Å². The van der Waals surface area contributed by atoms with Crippen molar-refractivity contribution in [1.29, 1.82) is 0 Å². The number of hydrogen-bond donors (Lipinski definition) is 0. The van der Waals surface area contributed by atoms with E-state index in [0.29, 0.717) is 11.7 Å². The summed E-state index contributed by atoms with van der Waals surface area (Å²) in [5, 5.41) is 0. The highest BCUT2D eigenvalue weighted by Gasteiger charge is 2.42. The Balaban J connectivity index is 2.14. The van der Waals surface area contributed by atoms with Crippen molar-refractivity contribution in [2.24, 2.45) is 10.9 Å². The van der Waals surface area contributed by atoms with Gasteiger partial charge >= 0.3 is 11.9 Å². The Kier molecular flexibility index (Phi) is 3.69. The number of aliphatic imine (C=N–C) groups is 1. The third-order valence-corrected chi connectivity index (χ3v) is 2.47. The van der Waals surface area contributed by atoms with Gasteiger partial charge in [0, 0.05) is 26.1 Å². The summed E-state index contributed by atoms with van der Waals surface area (Å²) in [7, 11) is 1.48. The van der Waals surface area contributed by atoms with Crippen LogP contribution in [0.5, 0.6) is 5.88 Å². The molecule has 1 aromatic rings. The lowest BCUT2D eigenvalue weighted by Gasteiger charge is -2.31. The number of ether oxygens (including phenoxy) is 3. The van der Waals surface area contributed by atoms with Gasteiger partial charge in [0.05, 0.1) is 7.11 Å². The molecule has 1 aromatic heterocycles. The van der Waals surface area contributed by atoms with Crippen molar-refractivity contribution in [3.05, 3.63) is 18.2 Å². The van der Waals surface area contributed by atoms with Crippen LogP contribution in [-0.2, 0) is 19.1 Å². The zero-order valence-electron chi connectivity index (χ0n) is 11.3. The lowest BCUT2D eigenvalue weighted by molar-refractivity contribution is -0.235. The standard InChI is InChI=1S/C13H14N2O5/c1-13(2)19-11(16)8(12(17)20-13)7-14-9-5-4-6-10(15-9)18-3/h4-8H,1-3H3. The van der Waals surface area contributed by atoms with Crippen LogP contribution in [0, 0.1) is 5.92 Å². The summed E-state index contributed by atoms with van der Waals surface area (Å²) in [6.07, 6.45) is 1.15. The van der Waals surface area contributed by atoms with Crippen LogP contribution >= 0.6 is 0 Å². The van der Waals surface area contributed by atoms with Crippen LogP contribution in [0.3, 0.4) is 0 Å². The summed E-state index contributed by atoms with van der Waals surface area (Å²) in [4.78, 5) is 31.4. The molecule has 2 heterocycles. The van der Waals surface area contributed by atoms with Gasteiger partial charge in [-0.2, -0.15) is 4.98 Å². The van der Waals surface area contributed by atoms with Crippen LogP contribution in [0.1, 0.15) is 13.8 Å². The number of rotatable bonds is 3. The Bertz CT molecular complexity index is 548. The first-order valence-corrected chi connectivity index (χ1v) is 5.92. The molecule has 0 atom stereocenters. The second-order valence-corrected chi connectivity index (χ2v) is 4.54. The smallest absolute Gasteiger partial charge is 0.329 e. The highest BCUT2D eigenvalue weighted by molar-refractivity contribution is 6.10. The quantitative estimate of drug-likeness (QED) is 0.469. The number of pyridine rings is 1. The molecule has 1 aliphatic heterocycles. The lowest BCUT2D eigenvalue weighted by atomic mass is 10.1. The van der Waals surface area contributed by atoms with Crippen molar-refractivity contribution in [1.82, 2.24) is 4.98 Å². The first-order chi connectivity index (χ1) is 9.41. The molecule has 1 fully saturated rings. The van der Waals surface area contributed by atoms with Crippen molar-refractivity contribution in [3.8, 4) is 5.88 Å². The predicted molar refractivity (Wildman–Crippen MR) is 68.7 cm³/mol. The fraction of sp³-hybridized carbons (Fsp3) is 0.385. The molecule has 7 heteroatoms.